The first-order valence-electron chi connectivity index (χ1n) is 8.94. The van der Waals surface area contributed by atoms with E-state index < -0.39 is 35.9 Å². The van der Waals surface area contributed by atoms with Crippen LogP contribution in [0.4, 0.5) is 0 Å². The van der Waals surface area contributed by atoms with E-state index in [4.69, 9.17) is 11.5 Å². The van der Waals surface area contributed by atoms with Gasteiger partial charge in [-0.2, -0.15) is 0 Å². The van der Waals surface area contributed by atoms with E-state index in [9.17, 15) is 19.5 Å². The van der Waals surface area contributed by atoms with Crippen LogP contribution in [-0.2, 0) is 14.4 Å². The SMILES string of the molecule is CCC(C)C(N)C(=O)NC(CCCCN)C(=O)NC(C(=O)O)C(C)C. The molecular weight excluding hydrogens is 324 g/mol. The Hall–Kier alpha value is -1.67. The van der Waals surface area contributed by atoms with Crippen LogP contribution in [0.15, 0.2) is 0 Å². The van der Waals surface area contributed by atoms with Crippen molar-refractivity contribution in [3.05, 3.63) is 0 Å². The zero-order valence-corrected chi connectivity index (χ0v) is 15.7. The predicted molar refractivity (Wildman–Crippen MR) is 96.7 cm³/mol. The van der Waals surface area contributed by atoms with Crippen molar-refractivity contribution in [1.82, 2.24) is 10.6 Å². The summed E-state index contributed by atoms with van der Waals surface area (Å²) < 4.78 is 0. The Labute approximate surface area is 150 Å². The molecule has 25 heavy (non-hydrogen) atoms. The zero-order chi connectivity index (χ0) is 19.6. The van der Waals surface area contributed by atoms with E-state index in [2.05, 4.69) is 10.6 Å². The molecule has 0 aromatic carbocycles. The molecule has 0 saturated carbocycles. The molecule has 0 aliphatic rings. The Kier molecular flexibility index (Phi) is 11.0. The lowest BCUT2D eigenvalue weighted by atomic mass is 9.98. The van der Waals surface area contributed by atoms with Crippen molar-refractivity contribution in [2.45, 2.75) is 71.5 Å². The molecule has 0 saturated heterocycles. The third kappa shape index (κ3) is 8.31. The maximum absolute atomic E-state index is 12.5. The summed E-state index contributed by atoms with van der Waals surface area (Å²) in [6.07, 6.45) is 2.48. The first-order valence-corrected chi connectivity index (χ1v) is 8.94. The number of carboxylic acids is 1. The van der Waals surface area contributed by atoms with E-state index in [-0.39, 0.29) is 11.8 Å². The van der Waals surface area contributed by atoms with Gasteiger partial charge in [0.2, 0.25) is 11.8 Å². The maximum atomic E-state index is 12.5. The first kappa shape index (κ1) is 23.3. The first-order chi connectivity index (χ1) is 11.6. The second-order valence-corrected chi connectivity index (χ2v) is 6.83. The molecule has 0 aromatic rings. The average molecular weight is 358 g/mol. The number of hydrogen-bond donors (Lipinski definition) is 5. The number of carbonyl (C=O) groups is 3. The van der Waals surface area contributed by atoms with Crippen molar-refractivity contribution in [3.8, 4) is 0 Å². The minimum Gasteiger partial charge on any atom is -0.480 e. The molecular formula is C17H34N4O4. The third-order valence-electron chi connectivity index (χ3n) is 4.37. The summed E-state index contributed by atoms with van der Waals surface area (Å²) >= 11 is 0. The van der Waals surface area contributed by atoms with Crippen molar-refractivity contribution >= 4 is 17.8 Å². The molecule has 8 heteroatoms. The standard InChI is InChI=1S/C17H34N4O4/c1-5-11(4)13(19)16(23)20-12(8-6-7-9-18)15(22)21-14(10(2)3)17(24)25/h10-14H,5-9,18-19H2,1-4H3,(H,20,23)(H,21,22)(H,24,25). The molecule has 7 N–H and O–H groups in total. The van der Waals surface area contributed by atoms with Crippen LogP contribution >= 0.6 is 0 Å². The number of amides is 2. The van der Waals surface area contributed by atoms with Gasteiger partial charge in [-0.1, -0.05) is 34.1 Å². The molecule has 0 spiro atoms. The summed E-state index contributed by atoms with van der Waals surface area (Å²) in [5, 5.41) is 14.4. The molecule has 146 valence electrons. The van der Waals surface area contributed by atoms with Crippen LogP contribution in [0.1, 0.15) is 53.4 Å². The highest BCUT2D eigenvalue weighted by Gasteiger charge is 2.30. The summed E-state index contributed by atoms with van der Waals surface area (Å²) in [5.74, 6) is -2.31. The minimum atomic E-state index is -1.10. The van der Waals surface area contributed by atoms with Crippen molar-refractivity contribution in [2.75, 3.05) is 6.54 Å². The van der Waals surface area contributed by atoms with Gasteiger partial charge in [0.25, 0.3) is 0 Å². The number of unbranched alkanes of at least 4 members (excludes halogenated alkanes) is 1. The predicted octanol–water partition coefficient (Wildman–Crippen LogP) is 0.199. The van der Waals surface area contributed by atoms with Crippen molar-refractivity contribution in [2.24, 2.45) is 23.3 Å². The van der Waals surface area contributed by atoms with Gasteiger partial charge in [-0.25, -0.2) is 4.79 Å². The molecule has 0 aromatic heterocycles. The van der Waals surface area contributed by atoms with E-state index >= 15 is 0 Å². The maximum Gasteiger partial charge on any atom is 0.326 e. The normalized spacial score (nSPS) is 16.0. The molecule has 8 nitrogen and oxygen atoms in total. The second kappa shape index (κ2) is 11.8. The fraction of sp³-hybridized carbons (Fsp3) is 0.824. The highest BCUT2D eigenvalue weighted by Crippen LogP contribution is 2.09. The molecule has 0 aliphatic carbocycles. The van der Waals surface area contributed by atoms with Crippen molar-refractivity contribution < 1.29 is 19.5 Å². The topological polar surface area (TPSA) is 148 Å². The molecule has 4 atom stereocenters. The number of carboxylic acid groups (broad SMARTS) is 1. The lowest BCUT2D eigenvalue weighted by Crippen LogP contribution is -2.56. The van der Waals surface area contributed by atoms with Gasteiger partial charge < -0.3 is 27.2 Å². The van der Waals surface area contributed by atoms with Gasteiger partial charge in [-0.3, -0.25) is 9.59 Å². The fourth-order valence-corrected chi connectivity index (χ4v) is 2.31. The number of nitrogens with two attached hydrogens (primary N) is 2. The molecule has 0 aliphatic heterocycles. The van der Waals surface area contributed by atoms with Gasteiger partial charge >= 0.3 is 5.97 Å². The minimum absolute atomic E-state index is 0.0183. The summed E-state index contributed by atoms with van der Waals surface area (Å²) in [5.41, 5.74) is 11.4. The lowest BCUT2D eigenvalue weighted by Gasteiger charge is -2.25. The largest absolute Gasteiger partial charge is 0.480 e. The molecule has 0 radical (unpaired) electrons. The van der Waals surface area contributed by atoms with Crippen molar-refractivity contribution in [1.29, 1.82) is 0 Å². The Balaban J connectivity index is 5.04. The van der Waals surface area contributed by atoms with Crippen LogP contribution < -0.4 is 22.1 Å². The summed E-state index contributed by atoms with van der Waals surface area (Å²) in [7, 11) is 0. The van der Waals surface area contributed by atoms with Crippen LogP contribution in [0.2, 0.25) is 0 Å². The van der Waals surface area contributed by atoms with Crippen LogP contribution in [0.25, 0.3) is 0 Å². The van der Waals surface area contributed by atoms with E-state index in [1.165, 1.54) is 0 Å². The molecule has 0 fully saturated rings. The zero-order valence-electron chi connectivity index (χ0n) is 15.7. The fourth-order valence-electron chi connectivity index (χ4n) is 2.31. The van der Waals surface area contributed by atoms with E-state index in [1.54, 1.807) is 13.8 Å². The highest BCUT2D eigenvalue weighted by molar-refractivity contribution is 5.91. The van der Waals surface area contributed by atoms with Gasteiger partial charge in [0, 0.05) is 0 Å². The van der Waals surface area contributed by atoms with Crippen LogP contribution in [-0.4, -0.2) is 47.6 Å². The molecule has 0 bridgehead atoms. The second-order valence-electron chi connectivity index (χ2n) is 6.83. The molecule has 0 heterocycles. The van der Waals surface area contributed by atoms with E-state index in [0.29, 0.717) is 25.8 Å². The van der Waals surface area contributed by atoms with Crippen LogP contribution in [0.3, 0.4) is 0 Å². The van der Waals surface area contributed by atoms with E-state index in [0.717, 1.165) is 6.42 Å². The number of rotatable bonds is 12. The summed E-state index contributed by atoms with van der Waals surface area (Å²) in [6, 6.07) is -2.55. The molecule has 0 rings (SSSR count). The smallest absolute Gasteiger partial charge is 0.326 e. The Morgan fingerprint density at radius 1 is 1.04 bits per heavy atom. The van der Waals surface area contributed by atoms with Gasteiger partial charge in [0.1, 0.15) is 12.1 Å². The average Bonchev–Trinajstić information content (AvgIpc) is 2.56. The van der Waals surface area contributed by atoms with Crippen LogP contribution in [0, 0.1) is 11.8 Å². The van der Waals surface area contributed by atoms with Crippen molar-refractivity contribution in [3.63, 3.8) is 0 Å². The quantitative estimate of drug-likeness (QED) is 0.315. The third-order valence-corrected chi connectivity index (χ3v) is 4.37. The number of carbonyl (C=O) groups excluding carboxylic acids is 2. The highest BCUT2D eigenvalue weighted by atomic mass is 16.4. The van der Waals surface area contributed by atoms with Gasteiger partial charge in [-0.15, -0.1) is 0 Å². The lowest BCUT2D eigenvalue weighted by molar-refractivity contribution is -0.143. The summed E-state index contributed by atoms with van der Waals surface area (Å²) in [4.78, 5) is 36.1. The summed E-state index contributed by atoms with van der Waals surface area (Å²) in [6.45, 7) is 7.70. The Morgan fingerprint density at radius 2 is 1.64 bits per heavy atom. The monoisotopic (exact) mass is 358 g/mol. The molecule has 2 amide bonds. The van der Waals surface area contributed by atoms with Gasteiger partial charge in [0.15, 0.2) is 0 Å². The number of nitrogens with one attached hydrogen (secondary N) is 2. The Morgan fingerprint density at radius 3 is 2.08 bits per heavy atom. The number of hydrogen-bond acceptors (Lipinski definition) is 5. The van der Waals surface area contributed by atoms with Crippen LogP contribution in [0.5, 0.6) is 0 Å². The van der Waals surface area contributed by atoms with Gasteiger partial charge in [-0.05, 0) is 37.6 Å². The Bertz CT molecular complexity index is 442. The van der Waals surface area contributed by atoms with E-state index in [1.807, 2.05) is 13.8 Å². The number of aliphatic carboxylic acids is 1. The molecule has 4 unspecified atom stereocenters. The van der Waals surface area contributed by atoms with Gasteiger partial charge in [0.05, 0.1) is 6.04 Å².